The van der Waals surface area contributed by atoms with Crippen LogP contribution in [-0.2, 0) is 9.59 Å². The summed E-state index contributed by atoms with van der Waals surface area (Å²) in [7, 11) is 0. The summed E-state index contributed by atoms with van der Waals surface area (Å²) in [5, 5.41) is 5.41. The maximum Gasteiger partial charge on any atom is 0.243 e. The van der Waals surface area contributed by atoms with Crippen LogP contribution in [0.5, 0.6) is 0 Å². The van der Waals surface area contributed by atoms with Crippen LogP contribution < -0.4 is 16.4 Å². The van der Waals surface area contributed by atoms with Crippen LogP contribution >= 0.6 is 12.4 Å². The number of para-hydroxylation sites is 1. The minimum Gasteiger partial charge on any atom is -0.347 e. The molecule has 118 valence electrons. The summed E-state index contributed by atoms with van der Waals surface area (Å²) in [4.78, 5) is 23.3. The fraction of sp³-hybridized carbons (Fsp3) is 0.467. The Kier molecular flexibility index (Phi) is 8.66. The first kappa shape index (κ1) is 19.4. The van der Waals surface area contributed by atoms with E-state index in [1.54, 1.807) is 0 Å². The van der Waals surface area contributed by atoms with Gasteiger partial charge in [0.05, 0.1) is 6.54 Å². The van der Waals surface area contributed by atoms with E-state index < -0.39 is 0 Å². The number of hydrogen-bond acceptors (Lipinski definition) is 3. The fourth-order valence-corrected chi connectivity index (χ4v) is 1.82. The maximum absolute atomic E-state index is 11.8. The van der Waals surface area contributed by atoms with Crippen molar-refractivity contribution < 1.29 is 9.59 Å². The SMILES string of the molecule is Cc1cccc(C)c1NC(=O)CNC(=O)CCC(C)N.Cl. The van der Waals surface area contributed by atoms with Crippen molar-refractivity contribution in [1.29, 1.82) is 0 Å². The lowest BCUT2D eigenvalue weighted by molar-refractivity contribution is -0.124. The second-order valence-electron chi connectivity index (χ2n) is 5.11. The molecule has 21 heavy (non-hydrogen) atoms. The smallest absolute Gasteiger partial charge is 0.243 e. The molecule has 1 aromatic carbocycles. The van der Waals surface area contributed by atoms with Gasteiger partial charge in [0.15, 0.2) is 0 Å². The predicted octanol–water partition coefficient (Wildman–Crippen LogP) is 1.91. The van der Waals surface area contributed by atoms with Crippen molar-refractivity contribution in [1.82, 2.24) is 5.32 Å². The Hall–Kier alpha value is -1.59. The largest absolute Gasteiger partial charge is 0.347 e. The first-order valence-electron chi connectivity index (χ1n) is 6.78. The second kappa shape index (κ2) is 9.37. The third-order valence-corrected chi connectivity index (χ3v) is 3.02. The van der Waals surface area contributed by atoms with E-state index in [-0.39, 0.29) is 36.8 Å². The Morgan fingerprint density at radius 2 is 1.76 bits per heavy atom. The van der Waals surface area contributed by atoms with Crippen LogP contribution in [0.15, 0.2) is 18.2 Å². The fourth-order valence-electron chi connectivity index (χ4n) is 1.82. The Balaban J connectivity index is 0.00000400. The molecular weight excluding hydrogens is 290 g/mol. The van der Waals surface area contributed by atoms with Crippen molar-refractivity contribution in [3.63, 3.8) is 0 Å². The van der Waals surface area contributed by atoms with Gasteiger partial charge in [-0.1, -0.05) is 18.2 Å². The van der Waals surface area contributed by atoms with E-state index >= 15 is 0 Å². The van der Waals surface area contributed by atoms with Gasteiger partial charge in [-0.25, -0.2) is 0 Å². The average Bonchev–Trinajstić information content (AvgIpc) is 2.38. The summed E-state index contributed by atoms with van der Waals surface area (Å²) < 4.78 is 0. The molecular formula is C15H24ClN3O2. The lowest BCUT2D eigenvalue weighted by Gasteiger charge is -2.12. The highest BCUT2D eigenvalue weighted by Gasteiger charge is 2.09. The van der Waals surface area contributed by atoms with Gasteiger partial charge in [-0.05, 0) is 38.3 Å². The van der Waals surface area contributed by atoms with E-state index in [1.165, 1.54) is 0 Å². The minimum atomic E-state index is -0.225. The van der Waals surface area contributed by atoms with Crippen molar-refractivity contribution >= 4 is 29.9 Å². The Morgan fingerprint density at radius 1 is 1.19 bits per heavy atom. The number of halogens is 1. The first-order chi connectivity index (χ1) is 9.40. The number of hydrogen-bond donors (Lipinski definition) is 3. The Labute approximate surface area is 132 Å². The van der Waals surface area contributed by atoms with Crippen LogP contribution in [0.3, 0.4) is 0 Å². The molecule has 0 aliphatic heterocycles. The third kappa shape index (κ3) is 7.11. The Bertz CT molecular complexity index is 470. The summed E-state index contributed by atoms with van der Waals surface area (Å²) in [6.07, 6.45) is 0.957. The molecule has 5 nitrogen and oxygen atoms in total. The van der Waals surface area contributed by atoms with E-state index in [2.05, 4.69) is 10.6 Å². The van der Waals surface area contributed by atoms with Gasteiger partial charge in [0.1, 0.15) is 0 Å². The van der Waals surface area contributed by atoms with Crippen LogP contribution in [0.25, 0.3) is 0 Å². The normalized spacial score (nSPS) is 11.2. The summed E-state index contributed by atoms with van der Waals surface area (Å²) >= 11 is 0. The third-order valence-electron chi connectivity index (χ3n) is 3.02. The zero-order valence-corrected chi connectivity index (χ0v) is 13.5. The molecule has 6 heteroatoms. The molecule has 0 heterocycles. The van der Waals surface area contributed by atoms with Gasteiger partial charge in [0.25, 0.3) is 0 Å². The number of aryl methyl sites for hydroxylation is 2. The zero-order valence-electron chi connectivity index (χ0n) is 12.7. The van der Waals surface area contributed by atoms with Gasteiger partial charge >= 0.3 is 0 Å². The van der Waals surface area contributed by atoms with E-state index in [4.69, 9.17) is 5.73 Å². The van der Waals surface area contributed by atoms with E-state index in [1.807, 2.05) is 39.0 Å². The molecule has 0 radical (unpaired) electrons. The molecule has 0 aliphatic carbocycles. The molecule has 1 aromatic rings. The quantitative estimate of drug-likeness (QED) is 0.750. The van der Waals surface area contributed by atoms with Crippen molar-refractivity contribution in [3.8, 4) is 0 Å². The predicted molar refractivity (Wildman–Crippen MR) is 87.7 cm³/mol. The van der Waals surface area contributed by atoms with E-state index in [0.717, 1.165) is 16.8 Å². The van der Waals surface area contributed by atoms with Gasteiger partial charge in [0, 0.05) is 18.2 Å². The summed E-state index contributed by atoms with van der Waals surface area (Å²) in [5.74, 6) is -0.379. The summed E-state index contributed by atoms with van der Waals surface area (Å²) in [6, 6.07) is 5.80. The van der Waals surface area contributed by atoms with Crippen molar-refractivity contribution in [2.45, 2.75) is 39.7 Å². The van der Waals surface area contributed by atoms with Gasteiger partial charge < -0.3 is 16.4 Å². The van der Waals surface area contributed by atoms with Gasteiger partial charge in [-0.2, -0.15) is 0 Å². The van der Waals surface area contributed by atoms with Crippen molar-refractivity contribution in [3.05, 3.63) is 29.3 Å². The van der Waals surface area contributed by atoms with Crippen LogP contribution in [0, 0.1) is 13.8 Å². The lowest BCUT2D eigenvalue weighted by atomic mass is 10.1. The van der Waals surface area contributed by atoms with Gasteiger partial charge in [0.2, 0.25) is 11.8 Å². The highest BCUT2D eigenvalue weighted by Crippen LogP contribution is 2.18. The second-order valence-corrected chi connectivity index (χ2v) is 5.11. The average molecular weight is 314 g/mol. The molecule has 1 unspecified atom stereocenters. The molecule has 0 spiro atoms. The molecule has 4 N–H and O–H groups in total. The molecule has 1 atom stereocenters. The van der Waals surface area contributed by atoms with Gasteiger partial charge in [-0.3, -0.25) is 9.59 Å². The van der Waals surface area contributed by atoms with Crippen molar-refractivity contribution in [2.75, 3.05) is 11.9 Å². The molecule has 0 aliphatic rings. The first-order valence-corrected chi connectivity index (χ1v) is 6.78. The lowest BCUT2D eigenvalue weighted by Crippen LogP contribution is -2.33. The van der Waals surface area contributed by atoms with Crippen molar-refractivity contribution in [2.24, 2.45) is 5.73 Å². The molecule has 1 rings (SSSR count). The number of nitrogens with two attached hydrogens (primary N) is 1. The molecule has 0 saturated carbocycles. The molecule has 0 fully saturated rings. The highest BCUT2D eigenvalue weighted by molar-refractivity contribution is 5.95. The van der Waals surface area contributed by atoms with Crippen LogP contribution in [-0.4, -0.2) is 24.4 Å². The summed E-state index contributed by atoms with van der Waals surface area (Å²) in [6.45, 7) is 5.69. The molecule has 0 bridgehead atoms. The number of nitrogens with one attached hydrogen (secondary N) is 2. The number of rotatable bonds is 6. The van der Waals surface area contributed by atoms with E-state index in [9.17, 15) is 9.59 Å². The Morgan fingerprint density at radius 3 is 2.29 bits per heavy atom. The molecule has 0 aromatic heterocycles. The minimum absolute atomic E-state index is 0. The topological polar surface area (TPSA) is 84.2 Å². The standard InChI is InChI=1S/C15H23N3O2.ClH/c1-10-5-4-6-11(2)15(10)18-14(20)9-17-13(19)8-7-12(3)16;/h4-6,12H,7-9,16H2,1-3H3,(H,17,19)(H,18,20);1H. The number of anilines is 1. The monoisotopic (exact) mass is 313 g/mol. The number of carbonyl (C=O) groups is 2. The van der Waals surface area contributed by atoms with Crippen LogP contribution in [0.2, 0.25) is 0 Å². The zero-order chi connectivity index (χ0) is 15.1. The van der Waals surface area contributed by atoms with Crippen LogP contribution in [0.1, 0.15) is 30.9 Å². The van der Waals surface area contributed by atoms with E-state index in [0.29, 0.717) is 12.8 Å². The van der Waals surface area contributed by atoms with Crippen LogP contribution in [0.4, 0.5) is 5.69 Å². The van der Waals surface area contributed by atoms with Gasteiger partial charge in [-0.15, -0.1) is 12.4 Å². The summed E-state index contributed by atoms with van der Waals surface area (Å²) in [5.41, 5.74) is 8.38. The maximum atomic E-state index is 11.8. The molecule has 2 amide bonds. The number of benzene rings is 1. The number of carbonyl (C=O) groups excluding carboxylic acids is 2. The number of amides is 2. The highest BCUT2D eigenvalue weighted by atomic mass is 35.5. The molecule has 0 saturated heterocycles.